The first-order valence-electron chi connectivity index (χ1n) is 9.01. The quantitative estimate of drug-likeness (QED) is 0.850. The van der Waals surface area contributed by atoms with Gasteiger partial charge in [0.15, 0.2) is 0 Å². The number of ether oxygens (including phenoxy) is 2. The fourth-order valence-electron chi connectivity index (χ4n) is 3.40. The summed E-state index contributed by atoms with van der Waals surface area (Å²) >= 11 is 0. The number of hydrogen-bond acceptors (Lipinski definition) is 4. The Hall–Kier alpha value is -1.75. The van der Waals surface area contributed by atoms with Crippen LogP contribution in [-0.4, -0.2) is 56.3 Å². The lowest BCUT2D eigenvalue weighted by atomic mass is 9.98. The number of nitrogens with zero attached hydrogens (tertiary/aromatic N) is 2. The molecule has 1 aromatic rings. The normalized spacial score (nSPS) is 19.6. The van der Waals surface area contributed by atoms with Crippen molar-refractivity contribution in [1.29, 1.82) is 0 Å². The Kier molecular flexibility index (Phi) is 5.61. The Labute approximate surface area is 144 Å². The van der Waals surface area contributed by atoms with E-state index in [1.54, 1.807) is 0 Å². The number of hydrogen-bond donors (Lipinski definition) is 0. The third kappa shape index (κ3) is 4.20. The van der Waals surface area contributed by atoms with E-state index in [1.807, 2.05) is 30.9 Å². The van der Waals surface area contributed by atoms with Gasteiger partial charge in [-0.25, -0.2) is 0 Å². The second-order valence-electron chi connectivity index (χ2n) is 6.86. The first-order chi connectivity index (χ1) is 11.6. The van der Waals surface area contributed by atoms with Gasteiger partial charge in [-0.2, -0.15) is 0 Å². The second kappa shape index (κ2) is 7.88. The maximum absolute atomic E-state index is 12.6. The smallest absolute Gasteiger partial charge is 0.225 e. The van der Waals surface area contributed by atoms with Crippen LogP contribution in [0.4, 0.5) is 5.69 Å². The third-order valence-electron chi connectivity index (χ3n) is 4.74. The Bertz CT molecular complexity index is 530. The topological polar surface area (TPSA) is 42.0 Å². The van der Waals surface area contributed by atoms with Crippen molar-refractivity contribution < 1.29 is 14.3 Å². The average Bonchev–Trinajstić information content (AvgIpc) is 2.62. The summed E-state index contributed by atoms with van der Waals surface area (Å²) in [6.45, 7) is 8.90. The highest BCUT2D eigenvalue weighted by Crippen LogP contribution is 2.23. The van der Waals surface area contributed by atoms with Crippen LogP contribution in [0, 0.1) is 5.92 Å². The highest BCUT2D eigenvalue weighted by Gasteiger charge is 2.28. The number of rotatable bonds is 4. The molecule has 0 N–H and O–H groups in total. The minimum atomic E-state index is 0.165. The van der Waals surface area contributed by atoms with Crippen LogP contribution in [0.1, 0.15) is 26.7 Å². The maximum Gasteiger partial charge on any atom is 0.225 e. The van der Waals surface area contributed by atoms with Gasteiger partial charge < -0.3 is 19.3 Å². The van der Waals surface area contributed by atoms with Crippen molar-refractivity contribution in [3.63, 3.8) is 0 Å². The van der Waals surface area contributed by atoms with E-state index in [4.69, 9.17) is 9.47 Å². The SMILES string of the molecule is CC(C)Oc1ccc(N2CCN(C(=O)C3CCOCC3)CC2)cc1. The molecule has 0 atom stereocenters. The second-order valence-corrected chi connectivity index (χ2v) is 6.86. The molecule has 1 amide bonds. The summed E-state index contributed by atoms with van der Waals surface area (Å²) in [7, 11) is 0. The molecule has 0 aromatic heterocycles. The Morgan fingerprint density at radius 3 is 2.29 bits per heavy atom. The van der Waals surface area contributed by atoms with Crippen molar-refractivity contribution >= 4 is 11.6 Å². The van der Waals surface area contributed by atoms with E-state index in [1.165, 1.54) is 5.69 Å². The molecule has 5 nitrogen and oxygen atoms in total. The van der Waals surface area contributed by atoms with E-state index in [2.05, 4.69) is 17.0 Å². The van der Waals surface area contributed by atoms with E-state index in [0.29, 0.717) is 5.91 Å². The molecule has 0 spiro atoms. The molecule has 0 bridgehead atoms. The number of piperazine rings is 1. The highest BCUT2D eigenvalue weighted by atomic mass is 16.5. The molecule has 0 saturated carbocycles. The van der Waals surface area contributed by atoms with Crippen LogP contribution in [0.25, 0.3) is 0 Å². The van der Waals surface area contributed by atoms with Crippen LogP contribution in [-0.2, 0) is 9.53 Å². The number of amides is 1. The molecule has 2 fully saturated rings. The summed E-state index contributed by atoms with van der Waals surface area (Å²) in [5.74, 6) is 1.39. The molecule has 2 saturated heterocycles. The zero-order chi connectivity index (χ0) is 16.9. The molecule has 0 aliphatic carbocycles. The van der Waals surface area contributed by atoms with Gasteiger partial charge in [0.1, 0.15) is 5.75 Å². The van der Waals surface area contributed by atoms with E-state index in [0.717, 1.165) is 58.0 Å². The Morgan fingerprint density at radius 2 is 1.71 bits per heavy atom. The molecule has 2 heterocycles. The van der Waals surface area contributed by atoms with Crippen LogP contribution in [0.5, 0.6) is 5.75 Å². The highest BCUT2D eigenvalue weighted by molar-refractivity contribution is 5.79. The van der Waals surface area contributed by atoms with E-state index in [9.17, 15) is 4.79 Å². The average molecular weight is 332 g/mol. The minimum absolute atomic E-state index is 0.165. The number of carbonyl (C=O) groups excluding carboxylic acids is 1. The van der Waals surface area contributed by atoms with Crippen molar-refractivity contribution in [1.82, 2.24) is 4.90 Å². The molecule has 132 valence electrons. The lowest BCUT2D eigenvalue weighted by molar-refractivity contribution is -0.138. The van der Waals surface area contributed by atoms with Crippen molar-refractivity contribution in [3.8, 4) is 5.75 Å². The van der Waals surface area contributed by atoms with E-state index >= 15 is 0 Å². The largest absolute Gasteiger partial charge is 0.491 e. The summed E-state index contributed by atoms with van der Waals surface area (Å²) in [6.07, 6.45) is 1.93. The molecule has 3 rings (SSSR count). The molecule has 1 aromatic carbocycles. The summed E-state index contributed by atoms with van der Waals surface area (Å²) in [5, 5.41) is 0. The molecule has 2 aliphatic rings. The maximum atomic E-state index is 12.6. The molecule has 5 heteroatoms. The third-order valence-corrected chi connectivity index (χ3v) is 4.74. The number of benzene rings is 1. The lowest BCUT2D eigenvalue weighted by Crippen LogP contribution is -2.51. The van der Waals surface area contributed by atoms with Crippen LogP contribution in [0.3, 0.4) is 0 Å². The molecule has 0 radical (unpaired) electrons. The lowest BCUT2D eigenvalue weighted by Gasteiger charge is -2.38. The summed E-state index contributed by atoms with van der Waals surface area (Å²) in [6, 6.07) is 8.26. The van der Waals surface area contributed by atoms with Crippen LogP contribution in [0.15, 0.2) is 24.3 Å². The molecular formula is C19H28N2O3. The van der Waals surface area contributed by atoms with Gasteiger partial charge in [0.2, 0.25) is 5.91 Å². The summed E-state index contributed by atoms with van der Waals surface area (Å²) in [5.41, 5.74) is 1.20. The van der Waals surface area contributed by atoms with Gasteiger partial charge in [-0.1, -0.05) is 0 Å². The molecule has 24 heavy (non-hydrogen) atoms. The summed E-state index contributed by atoms with van der Waals surface area (Å²) in [4.78, 5) is 16.9. The van der Waals surface area contributed by atoms with Gasteiger partial charge in [-0.15, -0.1) is 0 Å². The monoisotopic (exact) mass is 332 g/mol. The van der Waals surface area contributed by atoms with Crippen LogP contribution >= 0.6 is 0 Å². The predicted molar refractivity (Wildman–Crippen MR) is 94.5 cm³/mol. The fraction of sp³-hybridized carbons (Fsp3) is 0.632. The van der Waals surface area contributed by atoms with Gasteiger partial charge in [-0.3, -0.25) is 4.79 Å². The minimum Gasteiger partial charge on any atom is -0.491 e. The fourth-order valence-corrected chi connectivity index (χ4v) is 3.40. The van der Waals surface area contributed by atoms with Crippen LogP contribution < -0.4 is 9.64 Å². The van der Waals surface area contributed by atoms with Gasteiger partial charge >= 0.3 is 0 Å². The number of anilines is 1. The first kappa shape index (κ1) is 17.1. The van der Waals surface area contributed by atoms with Crippen molar-refractivity contribution in [2.45, 2.75) is 32.8 Å². The number of carbonyl (C=O) groups is 1. The first-order valence-corrected chi connectivity index (χ1v) is 9.01. The molecule has 0 unspecified atom stereocenters. The van der Waals surface area contributed by atoms with Gasteiger partial charge in [0.05, 0.1) is 6.10 Å². The van der Waals surface area contributed by atoms with Gasteiger partial charge in [0.25, 0.3) is 0 Å². The summed E-state index contributed by atoms with van der Waals surface area (Å²) < 4.78 is 11.0. The van der Waals surface area contributed by atoms with E-state index in [-0.39, 0.29) is 12.0 Å². The standard InChI is InChI=1S/C19H28N2O3/c1-15(2)24-18-5-3-17(4-6-18)20-9-11-21(12-10-20)19(22)16-7-13-23-14-8-16/h3-6,15-16H,7-14H2,1-2H3. The van der Waals surface area contributed by atoms with Crippen molar-refractivity contribution in [3.05, 3.63) is 24.3 Å². The molecular weight excluding hydrogens is 304 g/mol. The Morgan fingerprint density at radius 1 is 1.08 bits per heavy atom. The van der Waals surface area contributed by atoms with Gasteiger partial charge in [-0.05, 0) is 51.0 Å². The van der Waals surface area contributed by atoms with Crippen molar-refractivity contribution in [2.24, 2.45) is 5.92 Å². The van der Waals surface area contributed by atoms with Crippen molar-refractivity contribution in [2.75, 3.05) is 44.3 Å². The van der Waals surface area contributed by atoms with Gasteiger partial charge in [0, 0.05) is 51.0 Å². The zero-order valence-corrected chi connectivity index (χ0v) is 14.7. The zero-order valence-electron chi connectivity index (χ0n) is 14.7. The Balaban J connectivity index is 1.52. The van der Waals surface area contributed by atoms with E-state index < -0.39 is 0 Å². The van der Waals surface area contributed by atoms with Crippen LogP contribution in [0.2, 0.25) is 0 Å². The predicted octanol–water partition coefficient (Wildman–Crippen LogP) is 2.55. The molecule has 2 aliphatic heterocycles.